The minimum absolute atomic E-state index is 0.438. The summed E-state index contributed by atoms with van der Waals surface area (Å²) in [6.07, 6.45) is 2.55. The van der Waals surface area contributed by atoms with Gasteiger partial charge in [-0.3, -0.25) is 0 Å². The van der Waals surface area contributed by atoms with E-state index in [1.807, 2.05) is 23.5 Å². The zero-order valence-electron chi connectivity index (χ0n) is 10.9. The summed E-state index contributed by atoms with van der Waals surface area (Å²) in [5.41, 5.74) is 7.82. The molecule has 1 aliphatic carbocycles. The first-order valence-corrected chi connectivity index (χ1v) is 8.61. The summed E-state index contributed by atoms with van der Waals surface area (Å²) in [7, 11) is 0. The lowest BCUT2D eigenvalue weighted by Gasteiger charge is -2.25. The first-order chi connectivity index (χ1) is 9.65. The SMILES string of the molecule is NC(=S)c1ccc(N(Cc2cccs2)C2CC2)c(Br)c1. The van der Waals surface area contributed by atoms with Gasteiger partial charge in [-0.15, -0.1) is 11.3 Å². The Morgan fingerprint density at radius 3 is 2.75 bits per heavy atom. The van der Waals surface area contributed by atoms with Crippen molar-refractivity contribution in [2.45, 2.75) is 25.4 Å². The van der Waals surface area contributed by atoms with E-state index < -0.39 is 0 Å². The normalized spacial score (nSPS) is 14.2. The van der Waals surface area contributed by atoms with Crippen LogP contribution in [-0.4, -0.2) is 11.0 Å². The lowest BCUT2D eigenvalue weighted by molar-refractivity contribution is 0.801. The molecule has 2 nitrogen and oxygen atoms in total. The average molecular weight is 367 g/mol. The number of nitrogens with zero attached hydrogens (tertiary/aromatic N) is 1. The van der Waals surface area contributed by atoms with Gasteiger partial charge in [-0.25, -0.2) is 0 Å². The molecule has 0 aliphatic heterocycles. The molecule has 2 N–H and O–H groups in total. The predicted octanol–water partition coefficient (Wildman–Crippen LogP) is 4.31. The van der Waals surface area contributed by atoms with Crippen LogP contribution in [0.1, 0.15) is 23.3 Å². The van der Waals surface area contributed by atoms with Crippen LogP contribution in [0.4, 0.5) is 5.69 Å². The number of anilines is 1. The fourth-order valence-corrected chi connectivity index (χ4v) is 3.70. The molecular formula is C15H15BrN2S2. The maximum absolute atomic E-state index is 5.69. The largest absolute Gasteiger partial charge is 0.389 e. The van der Waals surface area contributed by atoms with Crippen LogP contribution in [0.5, 0.6) is 0 Å². The van der Waals surface area contributed by atoms with E-state index in [1.165, 1.54) is 23.4 Å². The molecule has 0 atom stereocenters. The molecule has 1 aromatic carbocycles. The van der Waals surface area contributed by atoms with E-state index in [2.05, 4.69) is 44.4 Å². The van der Waals surface area contributed by atoms with Crippen LogP contribution in [0, 0.1) is 0 Å². The molecule has 1 aromatic heterocycles. The molecule has 3 rings (SSSR count). The highest BCUT2D eigenvalue weighted by molar-refractivity contribution is 9.10. The minimum atomic E-state index is 0.438. The van der Waals surface area contributed by atoms with Crippen molar-refractivity contribution in [2.24, 2.45) is 5.73 Å². The van der Waals surface area contributed by atoms with E-state index in [-0.39, 0.29) is 0 Å². The third-order valence-electron chi connectivity index (χ3n) is 3.44. The Morgan fingerprint density at radius 1 is 1.40 bits per heavy atom. The van der Waals surface area contributed by atoms with Crippen molar-refractivity contribution in [3.05, 3.63) is 50.6 Å². The zero-order valence-corrected chi connectivity index (χ0v) is 14.1. The summed E-state index contributed by atoms with van der Waals surface area (Å²) in [5, 5.41) is 2.13. The summed E-state index contributed by atoms with van der Waals surface area (Å²) in [5.74, 6) is 0. The molecule has 1 heterocycles. The smallest absolute Gasteiger partial charge is 0.104 e. The summed E-state index contributed by atoms with van der Waals surface area (Å²) in [6.45, 7) is 0.966. The molecular weight excluding hydrogens is 352 g/mol. The van der Waals surface area contributed by atoms with Crippen LogP contribution in [0.3, 0.4) is 0 Å². The van der Waals surface area contributed by atoms with Gasteiger partial charge in [0.1, 0.15) is 4.99 Å². The van der Waals surface area contributed by atoms with Gasteiger partial charge in [0, 0.05) is 21.0 Å². The van der Waals surface area contributed by atoms with Gasteiger partial charge in [-0.1, -0.05) is 18.3 Å². The highest BCUT2D eigenvalue weighted by Gasteiger charge is 2.30. The van der Waals surface area contributed by atoms with Crippen LogP contribution >= 0.6 is 39.5 Å². The number of nitrogens with two attached hydrogens (primary N) is 1. The fourth-order valence-electron chi connectivity index (χ4n) is 2.26. The quantitative estimate of drug-likeness (QED) is 0.799. The topological polar surface area (TPSA) is 29.3 Å². The standard InChI is InChI=1S/C15H15BrN2S2/c16-13-8-10(15(17)19)3-6-14(13)18(11-4-5-11)9-12-2-1-7-20-12/h1-3,6-8,11H,4-5,9H2,(H2,17,19). The molecule has 0 saturated heterocycles. The molecule has 20 heavy (non-hydrogen) atoms. The second-order valence-electron chi connectivity index (χ2n) is 4.97. The average Bonchev–Trinajstić information content (AvgIpc) is 3.14. The van der Waals surface area contributed by atoms with Crippen LogP contribution in [-0.2, 0) is 6.54 Å². The molecule has 1 fully saturated rings. The van der Waals surface area contributed by atoms with Crippen molar-refractivity contribution in [2.75, 3.05) is 4.90 Å². The Balaban J connectivity index is 1.89. The van der Waals surface area contributed by atoms with E-state index in [9.17, 15) is 0 Å². The lowest BCUT2D eigenvalue weighted by atomic mass is 10.2. The lowest BCUT2D eigenvalue weighted by Crippen LogP contribution is -2.25. The molecule has 0 spiro atoms. The van der Waals surface area contributed by atoms with Gasteiger partial charge in [0.25, 0.3) is 0 Å². The first kappa shape index (κ1) is 14.0. The van der Waals surface area contributed by atoms with E-state index >= 15 is 0 Å². The van der Waals surface area contributed by atoms with Crippen molar-refractivity contribution in [3.8, 4) is 0 Å². The Bertz CT molecular complexity index is 621. The predicted molar refractivity (Wildman–Crippen MR) is 93.6 cm³/mol. The molecule has 2 aromatic rings. The maximum atomic E-state index is 5.69. The maximum Gasteiger partial charge on any atom is 0.104 e. The second kappa shape index (κ2) is 5.84. The van der Waals surface area contributed by atoms with Gasteiger partial charge >= 0.3 is 0 Å². The Labute approximate surface area is 136 Å². The van der Waals surface area contributed by atoms with Gasteiger partial charge in [0.2, 0.25) is 0 Å². The number of thiophene rings is 1. The van der Waals surface area contributed by atoms with Gasteiger partial charge in [0.05, 0.1) is 12.2 Å². The fraction of sp³-hybridized carbons (Fsp3) is 0.267. The van der Waals surface area contributed by atoms with E-state index in [0.29, 0.717) is 11.0 Å². The van der Waals surface area contributed by atoms with Crippen molar-refractivity contribution < 1.29 is 0 Å². The Kier molecular flexibility index (Phi) is 4.10. The van der Waals surface area contributed by atoms with E-state index in [0.717, 1.165) is 16.6 Å². The van der Waals surface area contributed by atoms with E-state index in [4.69, 9.17) is 18.0 Å². The van der Waals surface area contributed by atoms with Crippen molar-refractivity contribution in [1.29, 1.82) is 0 Å². The van der Waals surface area contributed by atoms with Crippen molar-refractivity contribution in [1.82, 2.24) is 0 Å². The van der Waals surface area contributed by atoms with Gasteiger partial charge < -0.3 is 10.6 Å². The third kappa shape index (κ3) is 3.05. The number of thiocarbonyl (C=S) groups is 1. The molecule has 1 saturated carbocycles. The van der Waals surface area contributed by atoms with Gasteiger partial charge in [-0.2, -0.15) is 0 Å². The second-order valence-corrected chi connectivity index (χ2v) is 7.30. The Hall–Kier alpha value is -0.910. The summed E-state index contributed by atoms with van der Waals surface area (Å²) in [4.78, 5) is 4.30. The summed E-state index contributed by atoms with van der Waals surface area (Å²) >= 11 is 10.5. The van der Waals surface area contributed by atoms with Gasteiger partial charge in [-0.05, 0) is 58.4 Å². The van der Waals surface area contributed by atoms with Crippen LogP contribution in [0.15, 0.2) is 40.2 Å². The van der Waals surface area contributed by atoms with Crippen LogP contribution in [0.2, 0.25) is 0 Å². The van der Waals surface area contributed by atoms with Crippen molar-refractivity contribution >= 4 is 50.2 Å². The molecule has 104 valence electrons. The monoisotopic (exact) mass is 366 g/mol. The van der Waals surface area contributed by atoms with Gasteiger partial charge in [0.15, 0.2) is 0 Å². The van der Waals surface area contributed by atoms with Crippen molar-refractivity contribution in [3.63, 3.8) is 0 Å². The highest BCUT2D eigenvalue weighted by Crippen LogP contribution is 2.37. The molecule has 1 aliphatic rings. The number of hydrogen-bond donors (Lipinski definition) is 1. The summed E-state index contributed by atoms with van der Waals surface area (Å²) in [6, 6.07) is 11.1. The molecule has 0 bridgehead atoms. The van der Waals surface area contributed by atoms with Crippen LogP contribution < -0.4 is 10.6 Å². The third-order valence-corrected chi connectivity index (χ3v) is 5.17. The number of halogens is 1. The highest BCUT2D eigenvalue weighted by atomic mass is 79.9. The molecule has 0 unspecified atom stereocenters. The molecule has 0 amide bonds. The number of benzene rings is 1. The minimum Gasteiger partial charge on any atom is -0.389 e. The first-order valence-electron chi connectivity index (χ1n) is 6.53. The number of hydrogen-bond acceptors (Lipinski definition) is 3. The van der Waals surface area contributed by atoms with Crippen LogP contribution in [0.25, 0.3) is 0 Å². The molecule has 0 radical (unpaired) electrons. The Morgan fingerprint density at radius 2 is 2.20 bits per heavy atom. The zero-order chi connectivity index (χ0) is 14.1. The van der Waals surface area contributed by atoms with E-state index in [1.54, 1.807) is 0 Å². The summed E-state index contributed by atoms with van der Waals surface area (Å²) < 4.78 is 1.06. The molecule has 5 heteroatoms. The number of rotatable bonds is 5.